The Kier molecular flexibility index (Phi) is 4.20. The number of benzene rings is 1. The summed E-state index contributed by atoms with van der Waals surface area (Å²) in [5.41, 5.74) is 1.19. The van der Waals surface area contributed by atoms with Crippen LogP contribution in [0, 0.1) is 6.92 Å². The van der Waals surface area contributed by atoms with Gasteiger partial charge in [-0.3, -0.25) is 4.68 Å². The second-order valence-electron chi connectivity index (χ2n) is 4.61. The van der Waals surface area contributed by atoms with Crippen molar-refractivity contribution in [1.82, 2.24) is 9.78 Å². The van der Waals surface area contributed by atoms with E-state index >= 15 is 0 Å². The van der Waals surface area contributed by atoms with Crippen LogP contribution in [0.15, 0.2) is 33.6 Å². The summed E-state index contributed by atoms with van der Waals surface area (Å²) in [4.78, 5) is 11.1. The molecule has 1 N–H and O–H groups in total. The minimum Gasteiger partial charge on any atom is -0.478 e. The third kappa shape index (κ3) is 3.33. The Morgan fingerprint density at radius 1 is 1.38 bits per heavy atom. The molecule has 0 atom stereocenters. The summed E-state index contributed by atoms with van der Waals surface area (Å²) < 4.78 is 26.6. The molecule has 2 aromatic rings. The van der Waals surface area contributed by atoms with Gasteiger partial charge in [0.2, 0.25) is 0 Å². The highest BCUT2D eigenvalue weighted by atomic mass is 79.9. The molecule has 0 unspecified atom stereocenters. The first-order valence-corrected chi connectivity index (χ1v) is 8.40. The Bertz CT molecular complexity index is 812. The molecule has 8 heteroatoms. The van der Waals surface area contributed by atoms with Crippen molar-refractivity contribution in [1.29, 1.82) is 0 Å². The average Bonchev–Trinajstić information content (AvgIpc) is 2.66. The summed E-state index contributed by atoms with van der Waals surface area (Å²) in [6, 6.07) is 5.65. The molecular weight excluding hydrogens is 360 g/mol. The molecule has 0 bridgehead atoms. The average molecular weight is 373 g/mol. The van der Waals surface area contributed by atoms with Crippen molar-refractivity contribution >= 4 is 31.7 Å². The molecule has 0 aliphatic carbocycles. The van der Waals surface area contributed by atoms with Crippen LogP contribution in [-0.2, 0) is 22.6 Å². The van der Waals surface area contributed by atoms with Gasteiger partial charge in [-0.25, -0.2) is 13.2 Å². The number of hydrogen-bond donors (Lipinski definition) is 1. The molecule has 0 amide bonds. The molecule has 0 fully saturated rings. The third-order valence-corrected chi connectivity index (χ3v) is 5.30. The Hall–Kier alpha value is -1.67. The zero-order chi connectivity index (χ0) is 15.8. The molecular formula is C13H13BrN2O4S. The summed E-state index contributed by atoms with van der Waals surface area (Å²) in [7, 11) is -1.97. The van der Waals surface area contributed by atoms with Crippen LogP contribution < -0.4 is 0 Å². The first kappa shape index (κ1) is 15.7. The number of carbonyl (C=O) groups is 1. The van der Waals surface area contributed by atoms with Crippen molar-refractivity contribution in [2.24, 2.45) is 7.05 Å². The lowest BCUT2D eigenvalue weighted by Gasteiger charge is -2.07. The highest BCUT2D eigenvalue weighted by Crippen LogP contribution is 2.23. The highest BCUT2D eigenvalue weighted by Gasteiger charge is 2.20. The molecule has 112 valence electrons. The predicted octanol–water partition coefficient (Wildman–Crippen LogP) is 2.16. The molecule has 0 saturated carbocycles. The standard InChI is InChI=1S/C13H13BrN2O4S/c1-8-5-9(16(2)15-8)7-21(19,20)10-3-4-12(14)11(6-10)13(17)18/h3-6H,7H2,1-2H3,(H,17,18). The molecule has 0 aliphatic heterocycles. The van der Waals surface area contributed by atoms with E-state index in [0.717, 1.165) is 11.8 Å². The van der Waals surface area contributed by atoms with Crippen LogP contribution in [0.2, 0.25) is 0 Å². The fourth-order valence-electron chi connectivity index (χ4n) is 1.94. The summed E-state index contributed by atoms with van der Waals surface area (Å²) in [5, 5.41) is 13.2. The van der Waals surface area contributed by atoms with E-state index in [1.807, 2.05) is 0 Å². The number of hydrogen-bond acceptors (Lipinski definition) is 4. The number of aromatic carboxylic acids is 1. The third-order valence-electron chi connectivity index (χ3n) is 2.96. The monoisotopic (exact) mass is 372 g/mol. The van der Waals surface area contributed by atoms with Gasteiger partial charge in [0.15, 0.2) is 9.84 Å². The maximum atomic E-state index is 12.4. The minimum absolute atomic E-state index is 0.0260. The molecule has 1 heterocycles. The Morgan fingerprint density at radius 3 is 2.57 bits per heavy atom. The lowest BCUT2D eigenvalue weighted by molar-refractivity contribution is 0.0695. The molecule has 0 radical (unpaired) electrons. The molecule has 0 saturated heterocycles. The van der Waals surface area contributed by atoms with E-state index in [4.69, 9.17) is 5.11 Å². The number of sulfone groups is 1. The SMILES string of the molecule is Cc1cc(CS(=O)(=O)c2ccc(Br)c(C(=O)O)c2)n(C)n1. The fraction of sp³-hybridized carbons (Fsp3) is 0.231. The molecule has 6 nitrogen and oxygen atoms in total. The van der Waals surface area contributed by atoms with Crippen LogP contribution in [0.1, 0.15) is 21.7 Å². The highest BCUT2D eigenvalue weighted by molar-refractivity contribution is 9.10. The molecule has 0 spiro atoms. The maximum Gasteiger partial charge on any atom is 0.336 e. The predicted molar refractivity (Wildman–Crippen MR) is 79.9 cm³/mol. The summed E-state index contributed by atoms with van der Waals surface area (Å²) in [6.45, 7) is 1.78. The summed E-state index contributed by atoms with van der Waals surface area (Å²) >= 11 is 3.09. The normalized spacial score (nSPS) is 11.6. The van der Waals surface area contributed by atoms with Crippen LogP contribution in [0.4, 0.5) is 0 Å². The smallest absolute Gasteiger partial charge is 0.336 e. The van der Waals surface area contributed by atoms with Gasteiger partial charge in [0.25, 0.3) is 0 Å². The van der Waals surface area contributed by atoms with Crippen molar-refractivity contribution in [2.45, 2.75) is 17.6 Å². The van der Waals surface area contributed by atoms with Gasteiger partial charge in [0.05, 0.1) is 27.6 Å². The van der Waals surface area contributed by atoms with Crippen molar-refractivity contribution in [3.63, 3.8) is 0 Å². The number of carboxylic acids is 1. The van der Waals surface area contributed by atoms with E-state index in [0.29, 0.717) is 10.2 Å². The van der Waals surface area contributed by atoms with Crippen molar-refractivity contribution in [3.8, 4) is 0 Å². The molecule has 2 rings (SSSR count). The first-order valence-electron chi connectivity index (χ1n) is 5.96. The maximum absolute atomic E-state index is 12.4. The van der Waals surface area contributed by atoms with Gasteiger partial charge in [0, 0.05) is 11.5 Å². The zero-order valence-corrected chi connectivity index (χ0v) is 13.8. The van der Waals surface area contributed by atoms with E-state index in [1.165, 1.54) is 16.8 Å². The Balaban J connectivity index is 2.42. The zero-order valence-electron chi connectivity index (χ0n) is 11.4. The van der Waals surface area contributed by atoms with Crippen LogP contribution in [0.3, 0.4) is 0 Å². The number of carboxylic acid groups (broad SMARTS) is 1. The summed E-state index contributed by atoms with van der Waals surface area (Å²) in [5.74, 6) is -1.42. The number of aryl methyl sites for hydroxylation is 2. The second kappa shape index (κ2) is 5.61. The van der Waals surface area contributed by atoms with Gasteiger partial charge in [0.1, 0.15) is 0 Å². The van der Waals surface area contributed by atoms with E-state index in [1.54, 1.807) is 20.0 Å². The number of rotatable bonds is 4. The minimum atomic E-state index is -3.64. The van der Waals surface area contributed by atoms with E-state index in [9.17, 15) is 13.2 Å². The lowest BCUT2D eigenvalue weighted by Crippen LogP contribution is -2.10. The number of nitrogens with zero attached hydrogens (tertiary/aromatic N) is 2. The van der Waals surface area contributed by atoms with E-state index < -0.39 is 15.8 Å². The topological polar surface area (TPSA) is 89.3 Å². The number of aromatic nitrogens is 2. The molecule has 1 aromatic carbocycles. The van der Waals surface area contributed by atoms with Crippen molar-refractivity contribution in [3.05, 3.63) is 45.7 Å². The summed E-state index contributed by atoms with van der Waals surface area (Å²) in [6.07, 6.45) is 0. The van der Waals surface area contributed by atoms with Gasteiger partial charge in [-0.05, 0) is 47.1 Å². The van der Waals surface area contributed by atoms with Crippen LogP contribution in [-0.4, -0.2) is 29.3 Å². The van der Waals surface area contributed by atoms with E-state index in [-0.39, 0.29) is 16.2 Å². The van der Waals surface area contributed by atoms with E-state index in [2.05, 4.69) is 21.0 Å². The van der Waals surface area contributed by atoms with Crippen LogP contribution >= 0.6 is 15.9 Å². The van der Waals surface area contributed by atoms with Gasteiger partial charge in [-0.15, -0.1) is 0 Å². The fourth-order valence-corrected chi connectivity index (χ4v) is 3.75. The first-order chi connectivity index (χ1) is 9.70. The van der Waals surface area contributed by atoms with Gasteiger partial charge in [-0.1, -0.05) is 0 Å². The lowest BCUT2D eigenvalue weighted by atomic mass is 10.2. The molecule has 21 heavy (non-hydrogen) atoms. The van der Waals surface area contributed by atoms with Gasteiger partial charge >= 0.3 is 5.97 Å². The molecule has 1 aromatic heterocycles. The quantitative estimate of drug-likeness (QED) is 0.887. The molecule has 0 aliphatic rings. The van der Waals surface area contributed by atoms with Crippen molar-refractivity contribution in [2.75, 3.05) is 0 Å². The van der Waals surface area contributed by atoms with Gasteiger partial charge < -0.3 is 5.11 Å². The van der Waals surface area contributed by atoms with Crippen molar-refractivity contribution < 1.29 is 18.3 Å². The number of halogens is 1. The Morgan fingerprint density at radius 2 is 2.05 bits per heavy atom. The second-order valence-corrected chi connectivity index (χ2v) is 7.45. The van der Waals surface area contributed by atoms with Crippen LogP contribution in [0.25, 0.3) is 0 Å². The van der Waals surface area contributed by atoms with Gasteiger partial charge in [-0.2, -0.15) is 5.10 Å². The largest absolute Gasteiger partial charge is 0.478 e. The van der Waals surface area contributed by atoms with Crippen LogP contribution in [0.5, 0.6) is 0 Å². The Labute approximate surface area is 130 Å².